The molecule has 0 unspecified atom stereocenters. The van der Waals surface area contributed by atoms with Gasteiger partial charge in [0.1, 0.15) is 22.9 Å². The van der Waals surface area contributed by atoms with Crippen molar-refractivity contribution in [2.75, 3.05) is 23.3 Å². The van der Waals surface area contributed by atoms with Gasteiger partial charge in [-0.05, 0) is 51.8 Å². The maximum Gasteiger partial charge on any atom is 0.433 e. The Hall–Kier alpha value is -3.66. The van der Waals surface area contributed by atoms with Crippen LogP contribution in [0.5, 0.6) is 0 Å². The van der Waals surface area contributed by atoms with Crippen molar-refractivity contribution in [3.05, 3.63) is 53.0 Å². The van der Waals surface area contributed by atoms with E-state index in [1.54, 1.807) is 30.4 Å². The van der Waals surface area contributed by atoms with Crippen molar-refractivity contribution in [3.63, 3.8) is 0 Å². The molecule has 1 saturated heterocycles. The van der Waals surface area contributed by atoms with E-state index in [2.05, 4.69) is 15.6 Å². The van der Waals surface area contributed by atoms with Crippen LogP contribution >= 0.6 is 0 Å². The minimum atomic E-state index is -4.61. The number of aromatic nitrogens is 1. The van der Waals surface area contributed by atoms with Crippen LogP contribution in [0.4, 0.5) is 38.7 Å². The first kappa shape index (κ1) is 30.9. The van der Waals surface area contributed by atoms with E-state index in [1.165, 1.54) is 18.2 Å². The Kier molecular flexibility index (Phi) is 9.45. The van der Waals surface area contributed by atoms with Gasteiger partial charge in [-0.3, -0.25) is 0 Å². The number of pyridine rings is 1. The second kappa shape index (κ2) is 12.2. The number of hydrogen-bond acceptors (Lipinski definition) is 7. The van der Waals surface area contributed by atoms with Gasteiger partial charge in [0.2, 0.25) is 0 Å². The van der Waals surface area contributed by atoms with Crippen molar-refractivity contribution < 1.29 is 40.3 Å². The number of carbonyl (C=O) groups excluding carboxylic acids is 2. The smallest absolute Gasteiger partial charge is 0.433 e. The van der Waals surface area contributed by atoms with Crippen LogP contribution in [0.15, 0.2) is 30.3 Å². The molecule has 0 atom stereocenters. The maximum absolute atomic E-state index is 14.5. The number of amides is 3. The molecule has 0 bridgehead atoms. The largest absolute Gasteiger partial charge is 0.443 e. The number of ether oxygens (including phenoxy) is 1. The second-order valence-corrected chi connectivity index (χ2v) is 11.4. The van der Waals surface area contributed by atoms with E-state index in [-0.39, 0.29) is 23.6 Å². The highest BCUT2D eigenvalue weighted by molar-refractivity contribution is 7.88. The lowest BCUT2D eigenvalue weighted by molar-refractivity contribution is -0.141. The first-order valence-electron chi connectivity index (χ1n) is 12.2. The van der Waals surface area contributed by atoms with Crippen molar-refractivity contribution in [1.82, 2.24) is 19.7 Å². The summed E-state index contributed by atoms with van der Waals surface area (Å²) in [5.41, 5.74) is -1.60. The van der Waals surface area contributed by atoms with E-state index in [0.717, 1.165) is 25.0 Å². The molecule has 4 N–H and O–H groups in total. The fourth-order valence-corrected chi connectivity index (χ4v) is 4.39. The van der Waals surface area contributed by atoms with Crippen molar-refractivity contribution in [2.45, 2.75) is 58.5 Å². The Balaban J connectivity index is 1.58. The molecule has 220 valence electrons. The molecule has 3 rings (SSSR count). The van der Waals surface area contributed by atoms with E-state index in [1.807, 2.05) is 4.72 Å². The summed E-state index contributed by atoms with van der Waals surface area (Å²) in [4.78, 5) is 29.6. The Morgan fingerprint density at radius 2 is 1.68 bits per heavy atom. The van der Waals surface area contributed by atoms with Crippen LogP contribution in [-0.2, 0) is 34.2 Å². The molecule has 0 radical (unpaired) electrons. The summed E-state index contributed by atoms with van der Waals surface area (Å²) in [5, 5.41) is 4.93. The number of alkyl halides is 3. The SMILES string of the molecule is CC(C)(C)OC(=O)NS(=O)(=O)NCc1ccc(NC(=O)NCc2ccc(C(F)(F)F)nc2N2CCCC2)cc1F. The lowest BCUT2D eigenvalue weighted by Gasteiger charge is -2.22. The minimum Gasteiger partial charge on any atom is -0.443 e. The summed E-state index contributed by atoms with van der Waals surface area (Å²) >= 11 is 0. The van der Waals surface area contributed by atoms with Crippen LogP contribution in [0.2, 0.25) is 0 Å². The van der Waals surface area contributed by atoms with Gasteiger partial charge >= 0.3 is 28.5 Å². The van der Waals surface area contributed by atoms with Gasteiger partial charge in [0.05, 0.1) is 0 Å². The van der Waals surface area contributed by atoms with E-state index in [9.17, 15) is 35.6 Å². The zero-order valence-corrected chi connectivity index (χ0v) is 22.8. The molecular weight excluding hydrogens is 560 g/mol. The number of anilines is 2. The van der Waals surface area contributed by atoms with Gasteiger partial charge in [0, 0.05) is 43.0 Å². The molecule has 2 aromatic rings. The first-order valence-corrected chi connectivity index (χ1v) is 13.7. The third kappa shape index (κ3) is 9.22. The molecule has 40 heavy (non-hydrogen) atoms. The van der Waals surface area contributed by atoms with Crippen LogP contribution in [0.3, 0.4) is 0 Å². The topological polar surface area (TPSA) is 142 Å². The third-order valence-electron chi connectivity index (χ3n) is 5.47. The molecule has 0 saturated carbocycles. The van der Waals surface area contributed by atoms with Gasteiger partial charge in [-0.25, -0.2) is 23.7 Å². The Morgan fingerprint density at radius 3 is 2.27 bits per heavy atom. The predicted octanol–water partition coefficient (Wildman–Crippen LogP) is 4.02. The first-order chi connectivity index (χ1) is 18.5. The zero-order valence-electron chi connectivity index (χ0n) is 22.0. The highest BCUT2D eigenvalue weighted by Crippen LogP contribution is 2.31. The van der Waals surface area contributed by atoms with Crippen LogP contribution in [-0.4, -0.2) is 44.2 Å². The molecule has 1 aromatic carbocycles. The van der Waals surface area contributed by atoms with E-state index in [4.69, 9.17) is 4.74 Å². The molecule has 16 heteroatoms. The number of rotatable bonds is 8. The molecule has 1 aliphatic heterocycles. The normalized spacial score (nSPS) is 14.1. The highest BCUT2D eigenvalue weighted by atomic mass is 32.2. The molecule has 0 spiro atoms. The minimum absolute atomic E-state index is 0.0406. The van der Waals surface area contributed by atoms with Crippen molar-refractivity contribution in [2.24, 2.45) is 0 Å². The quantitative estimate of drug-likeness (QED) is 0.340. The maximum atomic E-state index is 14.5. The molecule has 3 amide bonds. The standard InChI is InChI=1S/C24H30F4N6O5S/c1-23(2,3)39-22(36)33-40(37,38)30-14-15-6-8-17(12-18(15)25)31-21(35)29-13-16-7-9-19(24(26,27)28)32-20(16)34-10-4-5-11-34/h6-9,12,30H,4-5,10-11,13-14H2,1-3H3,(H,33,36)(H2,29,31,35). The number of nitrogens with zero attached hydrogens (tertiary/aromatic N) is 2. The predicted molar refractivity (Wildman–Crippen MR) is 138 cm³/mol. The van der Waals surface area contributed by atoms with Crippen molar-refractivity contribution in [3.8, 4) is 0 Å². The number of urea groups is 1. The Morgan fingerprint density at radius 1 is 1.02 bits per heavy atom. The van der Waals surface area contributed by atoms with Gasteiger partial charge < -0.3 is 20.3 Å². The fraction of sp³-hybridized carbons (Fsp3) is 0.458. The molecule has 1 aromatic heterocycles. The number of nitrogens with one attached hydrogen (secondary N) is 4. The summed E-state index contributed by atoms with van der Waals surface area (Å²) in [7, 11) is -4.34. The van der Waals surface area contributed by atoms with Crippen LogP contribution in [0.1, 0.15) is 50.4 Å². The lowest BCUT2D eigenvalue weighted by Crippen LogP contribution is -2.42. The molecule has 1 aliphatic rings. The van der Waals surface area contributed by atoms with Crippen LogP contribution in [0, 0.1) is 5.82 Å². The summed E-state index contributed by atoms with van der Waals surface area (Å²) < 4.78 is 86.6. The molecule has 1 fully saturated rings. The van der Waals surface area contributed by atoms with Crippen molar-refractivity contribution >= 4 is 33.8 Å². The van der Waals surface area contributed by atoms with E-state index in [0.29, 0.717) is 18.7 Å². The van der Waals surface area contributed by atoms with Crippen LogP contribution in [0.25, 0.3) is 0 Å². The summed E-state index contributed by atoms with van der Waals surface area (Å²) in [6.07, 6.45) is -4.18. The second-order valence-electron chi connectivity index (χ2n) is 9.91. The van der Waals surface area contributed by atoms with Gasteiger partial charge in [0.15, 0.2) is 0 Å². The van der Waals surface area contributed by atoms with Gasteiger partial charge in [-0.15, -0.1) is 0 Å². The summed E-state index contributed by atoms with van der Waals surface area (Å²) in [6, 6.07) is 4.87. The number of benzene rings is 1. The lowest BCUT2D eigenvalue weighted by atomic mass is 10.2. The summed E-state index contributed by atoms with van der Waals surface area (Å²) in [5.74, 6) is -0.701. The molecular formula is C24H30F4N6O5S. The Labute approximate surface area is 228 Å². The number of hydrogen-bond donors (Lipinski definition) is 4. The molecule has 2 heterocycles. The fourth-order valence-electron chi connectivity index (χ4n) is 3.71. The Bertz CT molecular complexity index is 1340. The zero-order chi connectivity index (χ0) is 29.7. The molecule has 11 nitrogen and oxygen atoms in total. The van der Waals surface area contributed by atoms with E-state index < -0.39 is 52.2 Å². The number of halogens is 4. The average molecular weight is 591 g/mol. The van der Waals surface area contributed by atoms with Crippen molar-refractivity contribution in [1.29, 1.82) is 0 Å². The number of carbonyl (C=O) groups is 2. The van der Waals surface area contributed by atoms with Gasteiger partial charge in [-0.2, -0.15) is 26.3 Å². The molecule has 0 aliphatic carbocycles. The van der Waals surface area contributed by atoms with Gasteiger partial charge in [0.25, 0.3) is 0 Å². The summed E-state index contributed by atoms with van der Waals surface area (Å²) in [6.45, 7) is 5.12. The average Bonchev–Trinajstić information content (AvgIpc) is 3.35. The third-order valence-corrected chi connectivity index (χ3v) is 6.43. The van der Waals surface area contributed by atoms with E-state index >= 15 is 0 Å². The van der Waals surface area contributed by atoms with Gasteiger partial charge in [-0.1, -0.05) is 12.1 Å². The monoisotopic (exact) mass is 590 g/mol. The van der Waals surface area contributed by atoms with Crippen LogP contribution < -0.4 is 25.0 Å². The highest BCUT2D eigenvalue weighted by Gasteiger charge is 2.34.